The molecule has 20 heavy (non-hydrogen) atoms. The predicted molar refractivity (Wildman–Crippen MR) is 72.8 cm³/mol. The molecule has 1 saturated heterocycles. The third-order valence-electron chi connectivity index (χ3n) is 4.25. The lowest BCUT2D eigenvalue weighted by atomic mass is 9.73. The Morgan fingerprint density at radius 3 is 2.60 bits per heavy atom. The molecule has 2 unspecified atom stereocenters. The van der Waals surface area contributed by atoms with Crippen LogP contribution in [0.15, 0.2) is 23.8 Å². The highest BCUT2D eigenvalue weighted by Gasteiger charge is 2.59. The zero-order chi connectivity index (χ0) is 15.3. The Morgan fingerprint density at radius 1 is 1.45 bits per heavy atom. The molecule has 0 amide bonds. The average molecular weight is 282 g/mol. The zero-order valence-corrected chi connectivity index (χ0v) is 12.1. The van der Waals surface area contributed by atoms with Gasteiger partial charge in [-0.15, -0.1) is 0 Å². The van der Waals surface area contributed by atoms with E-state index in [2.05, 4.69) is 6.58 Å². The van der Waals surface area contributed by atoms with Crippen LogP contribution < -0.4 is 0 Å². The van der Waals surface area contributed by atoms with Gasteiger partial charge in [0.25, 0.3) is 5.79 Å². The fourth-order valence-electron chi connectivity index (χ4n) is 2.95. The summed E-state index contributed by atoms with van der Waals surface area (Å²) in [5, 5.41) is 30.7. The summed E-state index contributed by atoms with van der Waals surface area (Å²) in [6.07, 6.45) is 0.201. The van der Waals surface area contributed by atoms with Crippen LogP contribution >= 0.6 is 0 Å². The quantitative estimate of drug-likeness (QED) is 0.512. The number of aliphatic hydroxyl groups is 3. The summed E-state index contributed by atoms with van der Waals surface area (Å²) >= 11 is 0. The highest BCUT2D eigenvalue weighted by molar-refractivity contribution is 5.99. The van der Waals surface area contributed by atoms with Crippen molar-refractivity contribution in [3.8, 4) is 0 Å². The number of ether oxygens (including phenoxy) is 1. The van der Waals surface area contributed by atoms with Crippen LogP contribution in [0.3, 0.4) is 0 Å². The largest absolute Gasteiger partial charge is 0.387 e. The van der Waals surface area contributed by atoms with E-state index in [9.17, 15) is 20.1 Å². The van der Waals surface area contributed by atoms with Crippen LogP contribution in [0.5, 0.6) is 0 Å². The molecule has 2 fully saturated rings. The highest BCUT2D eigenvalue weighted by Crippen LogP contribution is 2.48. The predicted octanol–water partition coefficient (Wildman–Crippen LogP) is 0.687. The molecule has 0 bridgehead atoms. The highest BCUT2D eigenvalue weighted by atomic mass is 16.6. The Kier molecular flexibility index (Phi) is 3.67. The van der Waals surface area contributed by atoms with Crippen molar-refractivity contribution in [1.82, 2.24) is 0 Å². The van der Waals surface area contributed by atoms with Crippen LogP contribution in [0.2, 0.25) is 0 Å². The number of ketones is 1. The SMILES string of the molecule is C=C1C2CC[C@](C)(O)[C@H](O)C2O[C@]1(O)C(=O)C=C(C)C. The Morgan fingerprint density at radius 2 is 2.05 bits per heavy atom. The van der Waals surface area contributed by atoms with Gasteiger partial charge in [-0.25, -0.2) is 0 Å². The van der Waals surface area contributed by atoms with Crippen molar-refractivity contribution in [3.63, 3.8) is 0 Å². The topological polar surface area (TPSA) is 87.0 Å². The number of hydrogen-bond acceptors (Lipinski definition) is 5. The minimum absolute atomic E-state index is 0.263. The molecule has 112 valence electrons. The van der Waals surface area contributed by atoms with E-state index >= 15 is 0 Å². The Bertz CT molecular complexity index is 475. The molecular weight excluding hydrogens is 260 g/mol. The van der Waals surface area contributed by atoms with Crippen molar-refractivity contribution in [2.24, 2.45) is 5.92 Å². The summed E-state index contributed by atoms with van der Waals surface area (Å²) in [5.74, 6) is -3.03. The van der Waals surface area contributed by atoms with Gasteiger partial charge in [-0.3, -0.25) is 4.79 Å². The monoisotopic (exact) mass is 282 g/mol. The maximum Gasteiger partial charge on any atom is 0.254 e. The zero-order valence-electron chi connectivity index (χ0n) is 12.1. The fraction of sp³-hybridized carbons (Fsp3) is 0.667. The Labute approximate surface area is 118 Å². The summed E-state index contributed by atoms with van der Waals surface area (Å²) in [5.41, 5.74) is -0.284. The second-order valence-corrected chi connectivity index (χ2v) is 6.28. The maximum absolute atomic E-state index is 12.1. The first-order valence-electron chi connectivity index (χ1n) is 6.79. The minimum Gasteiger partial charge on any atom is -0.387 e. The van der Waals surface area contributed by atoms with Gasteiger partial charge in [-0.2, -0.15) is 0 Å². The summed E-state index contributed by atoms with van der Waals surface area (Å²) in [4.78, 5) is 12.1. The summed E-state index contributed by atoms with van der Waals surface area (Å²) in [6.45, 7) is 8.79. The van der Waals surface area contributed by atoms with Crippen LogP contribution in [0.25, 0.3) is 0 Å². The van der Waals surface area contributed by atoms with Crippen molar-refractivity contribution in [2.45, 2.75) is 57.2 Å². The number of rotatable bonds is 2. The van der Waals surface area contributed by atoms with E-state index in [1.165, 1.54) is 13.0 Å². The molecule has 0 radical (unpaired) electrons. The van der Waals surface area contributed by atoms with Crippen LogP contribution in [0, 0.1) is 5.92 Å². The molecule has 1 aliphatic carbocycles. The van der Waals surface area contributed by atoms with Gasteiger partial charge < -0.3 is 20.1 Å². The lowest BCUT2D eigenvalue weighted by molar-refractivity contribution is -0.220. The van der Waals surface area contributed by atoms with E-state index in [-0.39, 0.29) is 11.5 Å². The number of fused-ring (bicyclic) bond motifs is 1. The normalized spacial score (nSPS) is 44.1. The van der Waals surface area contributed by atoms with Crippen molar-refractivity contribution < 1.29 is 24.9 Å². The van der Waals surface area contributed by atoms with E-state index in [1.807, 2.05) is 0 Å². The van der Waals surface area contributed by atoms with Gasteiger partial charge in [0, 0.05) is 5.92 Å². The standard InChI is InChI=1S/C15H22O5/c1-8(2)7-11(16)15(19)9(3)10-5-6-14(4,18)13(17)12(10)20-15/h7,10,12-13,17-19H,3,5-6H2,1-2,4H3/t10?,12?,13-,14+,15+/m1/s1. The first kappa shape index (κ1) is 15.4. The van der Waals surface area contributed by atoms with Gasteiger partial charge in [-0.1, -0.05) is 12.2 Å². The molecule has 5 nitrogen and oxygen atoms in total. The molecule has 1 heterocycles. The van der Waals surface area contributed by atoms with Gasteiger partial charge in [0.05, 0.1) is 11.7 Å². The lowest BCUT2D eigenvalue weighted by Gasteiger charge is -2.40. The Hall–Kier alpha value is -1.01. The van der Waals surface area contributed by atoms with Gasteiger partial charge in [0.1, 0.15) is 6.10 Å². The minimum atomic E-state index is -2.10. The molecule has 1 saturated carbocycles. The van der Waals surface area contributed by atoms with E-state index in [1.54, 1.807) is 13.8 Å². The second kappa shape index (κ2) is 4.77. The first-order chi connectivity index (χ1) is 9.09. The van der Waals surface area contributed by atoms with Crippen molar-refractivity contribution >= 4 is 5.78 Å². The molecule has 3 N–H and O–H groups in total. The second-order valence-electron chi connectivity index (χ2n) is 6.28. The van der Waals surface area contributed by atoms with Crippen LogP contribution in [-0.4, -0.2) is 44.7 Å². The molecule has 0 spiro atoms. The van der Waals surface area contributed by atoms with Gasteiger partial charge in [-0.05, 0) is 45.3 Å². The number of aliphatic hydroxyl groups excluding tert-OH is 1. The van der Waals surface area contributed by atoms with E-state index < -0.39 is 29.4 Å². The van der Waals surface area contributed by atoms with Crippen molar-refractivity contribution in [3.05, 3.63) is 23.8 Å². The van der Waals surface area contributed by atoms with Gasteiger partial charge in [0.2, 0.25) is 5.78 Å². The maximum atomic E-state index is 12.1. The average Bonchev–Trinajstić information content (AvgIpc) is 2.59. The molecule has 2 rings (SSSR count). The lowest BCUT2D eigenvalue weighted by Crippen LogP contribution is -2.53. The van der Waals surface area contributed by atoms with Crippen LogP contribution in [-0.2, 0) is 9.53 Å². The van der Waals surface area contributed by atoms with E-state index in [0.29, 0.717) is 12.8 Å². The first-order valence-corrected chi connectivity index (χ1v) is 6.79. The molecule has 1 aliphatic heterocycles. The van der Waals surface area contributed by atoms with Gasteiger partial charge >= 0.3 is 0 Å². The van der Waals surface area contributed by atoms with Crippen LogP contribution in [0.1, 0.15) is 33.6 Å². The Balaban J connectivity index is 2.32. The summed E-state index contributed by atoms with van der Waals surface area (Å²) in [6, 6.07) is 0. The molecule has 0 aromatic rings. The fourth-order valence-corrected chi connectivity index (χ4v) is 2.95. The third kappa shape index (κ3) is 2.24. The number of carbonyl (C=O) groups excluding carboxylic acids is 1. The third-order valence-corrected chi connectivity index (χ3v) is 4.25. The van der Waals surface area contributed by atoms with Crippen molar-refractivity contribution in [2.75, 3.05) is 0 Å². The number of allylic oxidation sites excluding steroid dienone is 1. The molecule has 5 atom stereocenters. The number of carbonyl (C=O) groups is 1. The van der Waals surface area contributed by atoms with E-state index in [4.69, 9.17) is 4.74 Å². The summed E-state index contributed by atoms with van der Waals surface area (Å²) in [7, 11) is 0. The van der Waals surface area contributed by atoms with Gasteiger partial charge in [0.15, 0.2) is 0 Å². The molecular formula is C15H22O5. The summed E-state index contributed by atoms with van der Waals surface area (Å²) < 4.78 is 5.43. The number of hydrogen-bond donors (Lipinski definition) is 3. The van der Waals surface area contributed by atoms with Crippen molar-refractivity contribution in [1.29, 1.82) is 0 Å². The molecule has 2 aliphatic rings. The smallest absolute Gasteiger partial charge is 0.254 e. The van der Waals surface area contributed by atoms with Crippen LogP contribution in [0.4, 0.5) is 0 Å². The molecule has 0 aromatic carbocycles. The molecule has 5 heteroatoms. The molecule has 0 aromatic heterocycles. The van der Waals surface area contributed by atoms with E-state index in [0.717, 1.165) is 5.57 Å².